The molecule has 3 aromatic carbocycles. The number of aryl methyl sites for hydroxylation is 1. The minimum atomic E-state index is -0.115. The minimum absolute atomic E-state index is 0.115. The van der Waals surface area contributed by atoms with Crippen molar-refractivity contribution in [3.8, 4) is 0 Å². The third kappa shape index (κ3) is 3.67. The molecule has 0 unspecified atom stereocenters. The van der Waals surface area contributed by atoms with Gasteiger partial charge in [0, 0.05) is 11.8 Å². The molecule has 0 saturated heterocycles. The van der Waals surface area contributed by atoms with E-state index in [-0.39, 0.29) is 5.91 Å². The predicted octanol–water partition coefficient (Wildman–Crippen LogP) is 6.65. The summed E-state index contributed by atoms with van der Waals surface area (Å²) in [7, 11) is 0. The molecule has 0 aliphatic carbocycles. The first-order valence-corrected chi connectivity index (χ1v) is 11.1. The van der Waals surface area contributed by atoms with Gasteiger partial charge in [0.15, 0.2) is 5.13 Å². The molecule has 152 valence electrons. The van der Waals surface area contributed by atoms with Crippen LogP contribution in [0.4, 0.5) is 5.13 Å². The summed E-state index contributed by atoms with van der Waals surface area (Å²) in [6, 6.07) is 23.2. The first kappa shape index (κ1) is 19.7. The zero-order valence-corrected chi connectivity index (χ0v) is 18.3. The molecule has 2 heterocycles. The number of aromatic nitrogens is 2. The molecule has 6 heteroatoms. The van der Waals surface area contributed by atoms with Crippen molar-refractivity contribution >= 4 is 55.0 Å². The molecule has 0 aliphatic rings. The zero-order valence-electron chi connectivity index (χ0n) is 16.7. The fourth-order valence-corrected chi connectivity index (χ4v) is 4.96. The second-order valence-corrected chi connectivity index (χ2v) is 8.66. The molecule has 0 radical (unpaired) electrons. The van der Waals surface area contributed by atoms with Gasteiger partial charge in [0.25, 0.3) is 5.91 Å². The van der Waals surface area contributed by atoms with Crippen molar-refractivity contribution in [3.63, 3.8) is 0 Å². The Kier molecular flexibility index (Phi) is 5.14. The molecule has 5 aromatic rings. The Balaban J connectivity index is 1.67. The number of benzene rings is 3. The van der Waals surface area contributed by atoms with Crippen LogP contribution in [-0.2, 0) is 6.54 Å². The van der Waals surface area contributed by atoms with Crippen molar-refractivity contribution < 1.29 is 4.79 Å². The Labute approximate surface area is 188 Å². The van der Waals surface area contributed by atoms with E-state index >= 15 is 0 Å². The van der Waals surface area contributed by atoms with Crippen molar-refractivity contribution in [1.29, 1.82) is 0 Å². The highest BCUT2D eigenvalue weighted by Gasteiger charge is 2.24. The fraction of sp³-hybridized carbons (Fsp3) is 0.0800. The average molecular weight is 444 g/mol. The number of fused-ring (bicyclic) bond motifs is 2. The lowest BCUT2D eigenvalue weighted by Crippen LogP contribution is -2.30. The van der Waals surface area contributed by atoms with E-state index in [1.54, 1.807) is 11.1 Å². The van der Waals surface area contributed by atoms with Crippen LogP contribution in [0.1, 0.15) is 21.6 Å². The summed E-state index contributed by atoms with van der Waals surface area (Å²) in [6.45, 7) is 2.32. The van der Waals surface area contributed by atoms with Gasteiger partial charge < -0.3 is 0 Å². The van der Waals surface area contributed by atoms with E-state index in [9.17, 15) is 4.79 Å². The number of rotatable bonds is 4. The van der Waals surface area contributed by atoms with Gasteiger partial charge in [0.1, 0.15) is 0 Å². The number of amides is 1. The summed E-state index contributed by atoms with van der Waals surface area (Å²) >= 11 is 7.86. The van der Waals surface area contributed by atoms with Gasteiger partial charge in [-0.25, -0.2) is 4.98 Å². The van der Waals surface area contributed by atoms with Gasteiger partial charge in [-0.2, -0.15) is 0 Å². The topological polar surface area (TPSA) is 46.1 Å². The SMILES string of the molecule is Cc1ccc(Cl)c2sc(N(Cc3ccccn3)C(=O)c3cccc4ccccc34)nc12. The van der Waals surface area contributed by atoms with Crippen LogP contribution in [-0.4, -0.2) is 15.9 Å². The molecule has 0 saturated carbocycles. The maximum Gasteiger partial charge on any atom is 0.261 e. The molecule has 0 fully saturated rings. The van der Waals surface area contributed by atoms with Crippen LogP contribution in [0.2, 0.25) is 5.02 Å². The monoisotopic (exact) mass is 443 g/mol. The van der Waals surface area contributed by atoms with Gasteiger partial charge in [-0.05, 0) is 47.5 Å². The van der Waals surface area contributed by atoms with Crippen LogP contribution in [0, 0.1) is 6.92 Å². The van der Waals surface area contributed by atoms with E-state index in [1.807, 2.05) is 79.7 Å². The minimum Gasteiger partial charge on any atom is -0.278 e. The fourth-order valence-electron chi connectivity index (χ4n) is 3.64. The second kappa shape index (κ2) is 8.10. The van der Waals surface area contributed by atoms with E-state index in [0.29, 0.717) is 22.3 Å². The number of thiazole rings is 1. The Morgan fingerprint density at radius 3 is 2.61 bits per heavy atom. The van der Waals surface area contributed by atoms with Gasteiger partial charge in [0.2, 0.25) is 0 Å². The molecule has 4 nitrogen and oxygen atoms in total. The third-order valence-electron chi connectivity index (χ3n) is 5.23. The molecular formula is C25H18ClN3OS. The summed E-state index contributed by atoms with van der Waals surface area (Å²) in [5.74, 6) is -0.115. The molecule has 2 aromatic heterocycles. The molecule has 1 amide bonds. The number of carbonyl (C=O) groups is 1. The number of hydrogen-bond acceptors (Lipinski definition) is 4. The van der Waals surface area contributed by atoms with Crippen LogP contribution in [0.15, 0.2) is 79.0 Å². The van der Waals surface area contributed by atoms with E-state index in [4.69, 9.17) is 16.6 Å². The van der Waals surface area contributed by atoms with Crippen LogP contribution in [0.5, 0.6) is 0 Å². The van der Waals surface area contributed by atoms with E-state index in [1.165, 1.54) is 11.3 Å². The predicted molar refractivity (Wildman–Crippen MR) is 128 cm³/mol. The van der Waals surface area contributed by atoms with Crippen molar-refractivity contribution in [2.45, 2.75) is 13.5 Å². The lowest BCUT2D eigenvalue weighted by Gasteiger charge is -2.20. The van der Waals surface area contributed by atoms with Gasteiger partial charge in [0.05, 0.1) is 27.5 Å². The van der Waals surface area contributed by atoms with E-state index in [0.717, 1.165) is 32.2 Å². The smallest absolute Gasteiger partial charge is 0.261 e. The maximum atomic E-state index is 13.8. The molecule has 31 heavy (non-hydrogen) atoms. The van der Waals surface area contributed by atoms with Gasteiger partial charge >= 0.3 is 0 Å². The van der Waals surface area contributed by atoms with Gasteiger partial charge in [-0.3, -0.25) is 14.7 Å². The zero-order chi connectivity index (χ0) is 21.4. The number of anilines is 1. The van der Waals surface area contributed by atoms with Crippen LogP contribution in [0.3, 0.4) is 0 Å². The Hall–Kier alpha value is -3.28. The van der Waals surface area contributed by atoms with Crippen LogP contribution in [0.25, 0.3) is 21.0 Å². The molecule has 0 spiro atoms. The number of carbonyl (C=O) groups excluding carboxylic acids is 1. The average Bonchev–Trinajstić information content (AvgIpc) is 3.26. The number of hydrogen-bond donors (Lipinski definition) is 0. The number of nitrogens with zero attached hydrogens (tertiary/aromatic N) is 3. The first-order valence-electron chi connectivity index (χ1n) is 9.87. The summed E-state index contributed by atoms with van der Waals surface area (Å²) in [5, 5.41) is 3.18. The molecule has 0 bridgehead atoms. The Bertz CT molecular complexity index is 1370. The van der Waals surface area contributed by atoms with Crippen molar-refractivity contribution in [1.82, 2.24) is 9.97 Å². The number of halogens is 1. The summed E-state index contributed by atoms with van der Waals surface area (Å²) < 4.78 is 0.883. The van der Waals surface area contributed by atoms with Crippen molar-refractivity contribution in [2.24, 2.45) is 0 Å². The number of pyridine rings is 1. The summed E-state index contributed by atoms with van der Waals surface area (Å²) in [4.78, 5) is 24.8. The molecule has 5 rings (SSSR count). The highest BCUT2D eigenvalue weighted by Crippen LogP contribution is 2.37. The van der Waals surface area contributed by atoms with Crippen LogP contribution < -0.4 is 4.90 Å². The normalized spacial score (nSPS) is 11.2. The quantitative estimate of drug-likeness (QED) is 0.312. The molecular weight excluding hydrogens is 426 g/mol. The molecule has 0 atom stereocenters. The van der Waals surface area contributed by atoms with Crippen LogP contribution >= 0.6 is 22.9 Å². The maximum absolute atomic E-state index is 13.8. The standard InChI is InChI=1S/C25H18ClN3OS/c1-16-12-13-21(26)23-22(16)28-25(31-23)29(15-18-9-4-5-14-27-18)24(30)20-11-6-8-17-7-2-3-10-19(17)20/h2-14H,15H2,1H3. The largest absolute Gasteiger partial charge is 0.278 e. The third-order valence-corrected chi connectivity index (χ3v) is 6.77. The van der Waals surface area contributed by atoms with Crippen molar-refractivity contribution in [3.05, 3.63) is 101 Å². The Morgan fingerprint density at radius 1 is 1.00 bits per heavy atom. The first-order chi connectivity index (χ1) is 15.1. The van der Waals surface area contributed by atoms with Crippen molar-refractivity contribution in [2.75, 3.05) is 4.90 Å². The van der Waals surface area contributed by atoms with Gasteiger partial charge in [-0.1, -0.05) is 71.5 Å². The highest BCUT2D eigenvalue weighted by molar-refractivity contribution is 7.23. The van der Waals surface area contributed by atoms with E-state index < -0.39 is 0 Å². The highest BCUT2D eigenvalue weighted by atomic mass is 35.5. The summed E-state index contributed by atoms with van der Waals surface area (Å²) in [6.07, 6.45) is 1.73. The second-order valence-electron chi connectivity index (χ2n) is 7.28. The Morgan fingerprint density at radius 2 is 1.81 bits per heavy atom. The molecule has 0 N–H and O–H groups in total. The summed E-state index contributed by atoms with van der Waals surface area (Å²) in [5.41, 5.74) is 3.27. The van der Waals surface area contributed by atoms with Gasteiger partial charge in [-0.15, -0.1) is 0 Å². The van der Waals surface area contributed by atoms with E-state index in [2.05, 4.69) is 4.98 Å². The molecule has 0 aliphatic heterocycles. The lowest BCUT2D eigenvalue weighted by atomic mass is 10.0. The lowest BCUT2D eigenvalue weighted by molar-refractivity contribution is 0.0986.